The Balaban J connectivity index is 1.94. The summed E-state index contributed by atoms with van der Waals surface area (Å²) < 4.78 is 19.7. The van der Waals surface area contributed by atoms with Gasteiger partial charge in [0.15, 0.2) is 5.82 Å². The van der Waals surface area contributed by atoms with Gasteiger partial charge in [-0.3, -0.25) is 0 Å². The molecule has 0 saturated heterocycles. The summed E-state index contributed by atoms with van der Waals surface area (Å²) in [5.74, 6) is 0.0436. The van der Waals surface area contributed by atoms with Crippen LogP contribution < -0.4 is 5.73 Å². The normalized spacial score (nSPS) is 11.3. The monoisotopic (exact) mass is 343 g/mol. The van der Waals surface area contributed by atoms with Gasteiger partial charge in [-0.15, -0.1) is 10.2 Å². The molecule has 0 radical (unpaired) electrons. The minimum Gasteiger partial charge on any atom is -0.423 e. The maximum absolute atomic E-state index is 14.6. The van der Waals surface area contributed by atoms with Crippen LogP contribution in [0.1, 0.15) is 5.56 Å². The molecule has 0 bridgehead atoms. The third kappa shape index (κ3) is 2.21. The number of aromatic amines is 1. The Bertz CT molecular complexity index is 1060. The fourth-order valence-electron chi connectivity index (χ4n) is 2.61. The van der Waals surface area contributed by atoms with Crippen molar-refractivity contribution in [2.75, 3.05) is 5.73 Å². The van der Waals surface area contributed by atoms with Crippen molar-refractivity contribution in [1.29, 1.82) is 0 Å². The number of benzene rings is 2. The van der Waals surface area contributed by atoms with Gasteiger partial charge in [0.25, 0.3) is 0 Å². The van der Waals surface area contributed by atoms with E-state index in [0.29, 0.717) is 21.9 Å². The average Bonchev–Trinajstić information content (AvgIpc) is 3.20. The quantitative estimate of drug-likeness (QED) is 0.537. The molecule has 4 aromatic rings. The molecule has 2 heterocycles. The third-order valence-electron chi connectivity index (χ3n) is 3.79. The molecule has 0 amide bonds. The molecule has 0 saturated carbocycles. The number of hydrogen-bond acceptors (Lipinski definition) is 5. The summed E-state index contributed by atoms with van der Waals surface area (Å²) in [6, 6.07) is 7.04. The van der Waals surface area contributed by atoms with Crippen molar-refractivity contribution in [3.63, 3.8) is 0 Å². The lowest BCUT2D eigenvalue weighted by Crippen LogP contribution is -1.96. The van der Waals surface area contributed by atoms with Crippen molar-refractivity contribution in [1.82, 2.24) is 20.2 Å². The molecule has 6 nitrogen and oxygen atoms in total. The predicted molar refractivity (Wildman–Crippen MR) is 88.9 cm³/mol. The Labute approximate surface area is 140 Å². The second-order valence-electron chi connectivity index (χ2n) is 5.34. The van der Waals surface area contributed by atoms with Crippen LogP contribution in [-0.4, -0.2) is 20.2 Å². The Morgan fingerprint density at radius 1 is 1.25 bits per heavy atom. The van der Waals surface area contributed by atoms with Crippen LogP contribution in [0.4, 0.5) is 10.1 Å². The van der Waals surface area contributed by atoms with E-state index in [-0.39, 0.29) is 17.1 Å². The molecule has 4 rings (SSSR count). The van der Waals surface area contributed by atoms with E-state index in [1.54, 1.807) is 12.1 Å². The van der Waals surface area contributed by atoms with Gasteiger partial charge in [-0.1, -0.05) is 11.6 Å². The fourth-order valence-corrected chi connectivity index (χ4v) is 2.84. The third-order valence-corrected chi connectivity index (χ3v) is 4.02. The van der Waals surface area contributed by atoms with E-state index < -0.39 is 5.82 Å². The predicted octanol–water partition coefficient (Wildman–Crippen LogP) is 3.96. The van der Waals surface area contributed by atoms with Crippen LogP contribution in [0.5, 0.6) is 0 Å². The van der Waals surface area contributed by atoms with Gasteiger partial charge < -0.3 is 15.1 Å². The van der Waals surface area contributed by atoms with Crippen LogP contribution in [0.15, 0.2) is 35.1 Å². The molecule has 3 N–H and O–H groups in total. The van der Waals surface area contributed by atoms with E-state index in [4.69, 9.17) is 21.8 Å². The summed E-state index contributed by atoms with van der Waals surface area (Å²) in [5, 5.41) is 7.99. The topological polar surface area (TPSA) is 93.6 Å². The Morgan fingerprint density at radius 3 is 2.79 bits per heavy atom. The number of hydrogen-bond donors (Lipinski definition) is 2. The number of nitrogen functional groups attached to an aromatic ring is 1. The van der Waals surface area contributed by atoms with Crippen molar-refractivity contribution in [2.45, 2.75) is 6.92 Å². The number of H-pyrrole nitrogens is 1. The molecule has 24 heavy (non-hydrogen) atoms. The number of fused-ring (bicyclic) bond motifs is 1. The van der Waals surface area contributed by atoms with Gasteiger partial charge in [-0.2, -0.15) is 0 Å². The zero-order chi connectivity index (χ0) is 16.8. The van der Waals surface area contributed by atoms with Gasteiger partial charge in [-0.05, 0) is 36.8 Å². The molecule has 0 aliphatic heterocycles. The van der Waals surface area contributed by atoms with Crippen LogP contribution in [0, 0.1) is 12.7 Å². The summed E-state index contributed by atoms with van der Waals surface area (Å²) in [6.45, 7) is 1.91. The maximum Gasteiger partial charge on any atom is 0.249 e. The first-order chi connectivity index (χ1) is 11.5. The average molecular weight is 344 g/mol. The highest BCUT2D eigenvalue weighted by Gasteiger charge is 2.19. The number of aromatic nitrogens is 4. The summed E-state index contributed by atoms with van der Waals surface area (Å²) in [5.41, 5.74) is 8.49. The van der Waals surface area contributed by atoms with Crippen molar-refractivity contribution in [3.05, 3.63) is 47.1 Å². The van der Waals surface area contributed by atoms with E-state index in [2.05, 4.69) is 20.2 Å². The van der Waals surface area contributed by atoms with Crippen molar-refractivity contribution < 1.29 is 8.81 Å². The smallest absolute Gasteiger partial charge is 0.249 e. The highest BCUT2D eigenvalue weighted by molar-refractivity contribution is 6.30. The number of halogens is 2. The van der Waals surface area contributed by atoms with Gasteiger partial charge in [0.1, 0.15) is 11.3 Å². The zero-order valence-electron chi connectivity index (χ0n) is 12.5. The second-order valence-corrected chi connectivity index (χ2v) is 5.77. The Kier molecular flexibility index (Phi) is 3.24. The van der Waals surface area contributed by atoms with Crippen LogP contribution >= 0.6 is 11.6 Å². The van der Waals surface area contributed by atoms with Crippen molar-refractivity contribution in [3.8, 4) is 22.8 Å². The van der Waals surface area contributed by atoms with Crippen molar-refractivity contribution >= 4 is 28.3 Å². The highest BCUT2D eigenvalue weighted by Crippen LogP contribution is 2.34. The lowest BCUT2D eigenvalue weighted by Gasteiger charge is -2.02. The molecular formula is C16H11ClFN5O. The molecule has 0 aliphatic rings. The second kappa shape index (κ2) is 5.31. The number of anilines is 1. The van der Waals surface area contributed by atoms with E-state index >= 15 is 0 Å². The largest absolute Gasteiger partial charge is 0.423 e. The molecule has 2 aromatic heterocycles. The van der Waals surface area contributed by atoms with Gasteiger partial charge in [0.2, 0.25) is 12.3 Å². The SMILES string of the molecule is Cc1cc(Cl)ccc1-c1nc2c(F)c(N)c(-c3nnco3)cc2[nH]1. The molecule has 0 atom stereocenters. The van der Waals surface area contributed by atoms with E-state index in [1.165, 1.54) is 0 Å². The van der Waals surface area contributed by atoms with Gasteiger partial charge in [0.05, 0.1) is 16.8 Å². The van der Waals surface area contributed by atoms with Gasteiger partial charge in [0, 0.05) is 10.6 Å². The first-order valence-electron chi connectivity index (χ1n) is 7.05. The number of rotatable bonds is 2. The highest BCUT2D eigenvalue weighted by atomic mass is 35.5. The Morgan fingerprint density at radius 2 is 2.08 bits per heavy atom. The number of imidazole rings is 1. The molecular weight excluding hydrogens is 333 g/mol. The molecule has 0 spiro atoms. The summed E-state index contributed by atoms with van der Waals surface area (Å²) >= 11 is 5.98. The zero-order valence-corrected chi connectivity index (χ0v) is 13.2. The summed E-state index contributed by atoms with van der Waals surface area (Å²) in [6.07, 6.45) is 1.16. The molecule has 2 aromatic carbocycles. The van der Waals surface area contributed by atoms with Crippen LogP contribution in [0.25, 0.3) is 33.9 Å². The van der Waals surface area contributed by atoms with Gasteiger partial charge in [-0.25, -0.2) is 9.37 Å². The number of nitrogens with two attached hydrogens (primary N) is 1. The van der Waals surface area contributed by atoms with Crippen LogP contribution in [0.2, 0.25) is 5.02 Å². The maximum atomic E-state index is 14.6. The standard InChI is InChI=1S/C16H11ClFN5O/c1-7-4-8(17)2-3-9(7)15-21-11-5-10(16-23-20-6-24-16)13(19)12(18)14(11)22-15/h2-6H,19H2,1H3,(H,21,22). The lowest BCUT2D eigenvalue weighted by molar-refractivity contribution is 0.568. The minimum absolute atomic E-state index is 0.0855. The van der Waals surface area contributed by atoms with Crippen molar-refractivity contribution in [2.24, 2.45) is 0 Å². The Hall–Kier alpha value is -2.93. The number of nitrogens with one attached hydrogen (secondary N) is 1. The summed E-state index contributed by atoms with van der Waals surface area (Å²) in [4.78, 5) is 7.44. The van der Waals surface area contributed by atoms with Crippen LogP contribution in [-0.2, 0) is 0 Å². The summed E-state index contributed by atoms with van der Waals surface area (Å²) in [7, 11) is 0. The van der Waals surface area contributed by atoms with Crippen LogP contribution in [0.3, 0.4) is 0 Å². The first-order valence-corrected chi connectivity index (χ1v) is 7.43. The molecule has 0 unspecified atom stereocenters. The van der Waals surface area contributed by atoms with E-state index in [0.717, 1.165) is 17.5 Å². The first kappa shape index (κ1) is 14.6. The molecule has 0 fully saturated rings. The molecule has 120 valence electrons. The molecule has 8 heteroatoms. The lowest BCUT2D eigenvalue weighted by atomic mass is 10.1. The number of nitrogens with zero attached hydrogens (tertiary/aromatic N) is 3. The van der Waals surface area contributed by atoms with E-state index in [9.17, 15) is 4.39 Å². The number of aryl methyl sites for hydroxylation is 1. The van der Waals surface area contributed by atoms with Gasteiger partial charge >= 0.3 is 0 Å². The fraction of sp³-hybridized carbons (Fsp3) is 0.0625. The minimum atomic E-state index is -0.630. The molecule has 0 aliphatic carbocycles. The van der Waals surface area contributed by atoms with E-state index in [1.807, 2.05) is 19.1 Å².